The Kier molecular flexibility index (Phi) is 5.97. The predicted molar refractivity (Wildman–Crippen MR) is 108 cm³/mol. The minimum atomic E-state index is -4.55. The van der Waals surface area contributed by atoms with Crippen molar-refractivity contribution in [1.82, 2.24) is 9.97 Å². The van der Waals surface area contributed by atoms with Gasteiger partial charge in [-0.15, -0.1) is 0 Å². The second kappa shape index (κ2) is 8.46. The van der Waals surface area contributed by atoms with Crippen LogP contribution in [0, 0.1) is 0 Å². The monoisotopic (exact) mass is 436 g/mol. The highest BCUT2D eigenvalue weighted by molar-refractivity contribution is 6.32. The quantitative estimate of drug-likeness (QED) is 0.430. The third-order valence-electron chi connectivity index (χ3n) is 4.01. The summed E-state index contributed by atoms with van der Waals surface area (Å²) in [4.78, 5) is 19.7. The molecule has 0 aliphatic carbocycles. The second-order valence-electron chi connectivity index (χ2n) is 6.23. The number of hydrogen-bond donors (Lipinski definition) is 4. The van der Waals surface area contributed by atoms with E-state index in [4.69, 9.17) is 23.1 Å². The Morgan fingerprint density at radius 2 is 1.90 bits per heavy atom. The highest BCUT2D eigenvalue weighted by atomic mass is 35.5. The van der Waals surface area contributed by atoms with Crippen LogP contribution in [0.3, 0.4) is 0 Å². The first-order chi connectivity index (χ1) is 14.1. The molecule has 7 nitrogen and oxygen atoms in total. The van der Waals surface area contributed by atoms with Crippen LogP contribution in [0.2, 0.25) is 5.02 Å². The van der Waals surface area contributed by atoms with Gasteiger partial charge in [-0.05, 0) is 29.8 Å². The number of primary amides is 1. The first kappa shape index (κ1) is 21.2. The lowest BCUT2D eigenvalue weighted by molar-refractivity contribution is -0.137. The van der Waals surface area contributed by atoms with Crippen molar-refractivity contribution in [2.45, 2.75) is 12.7 Å². The zero-order chi connectivity index (χ0) is 21.9. The SMILES string of the molecule is NC(=O)c1ccccc1CNc1nc(Nc2cc(N)cc(C(F)(F)F)c2)ncc1Cl. The number of aromatic nitrogens is 2. The molecule has 30 heavy (non-hydrogen) atoms. The third-order valence-corrected chi connectivity index (χ3v) is 4.29. The first-order valence-electron chi connectivity index (χ1n) is 8.52. The number of amides is 1. The number of hydrogen-bond acceptors (Lipinski definition) is 6. The van der Waals surface area contributed by atoms with E-state index in [-0.39, 0.29) is 34.7 Å². The van der Waals surface area contributed by atoms with Crippen LogP contribution in [0.5, 0.6) is 0 Å². The summed E-state index contributed by atoms with van der Waals surface area (Å²) in [5.74, 6) is -0.358. The summed E-state index contributed by atoms with van der Waals surface area (Å²) in [5, 5.41) is 5.82. The molecule has 0 atom stereocenters. The number of nitrogens with zero attached hydrogens (tertiary/aromatic N) is 2. The van der Waals surface area contributed by atoms with E-state index in [1.807, 2.05) is 0 Å². The normalized spacial score (nSPS) is 11.2. The summed E-state index contributed by atoms with van der Waals surface area (Å²) >= 11 is 6.10. The van der Waals surface area contributed by atoms with Crippen LogP contribution in [-0.2, 0) is 12.7 Å². The summed E-state index contributed by atoms with van der Waals surface area (Å²) in [7, 11) is 0. The van der Waals surface area contributed by atoms with Crippen molar-refractivity contribution in [3.63, 3.8) is 0 Å². The number of nitrogens with one attached hydrogen (secondary N) is 2. The third kappa shape index (κ3) is 5.09. The van der Waals surface area contributed by atoms with Crippen molar-refractivity contribution >= 4 is 40.6 Å². The fourth-order valence-corrected chi connectivity index (χ4v) is 2.82. The fraction of sp³-hybridized carbons (Fsp3) is 0.105. The minimum absolute atomic E-state index is 0.00353. The van der Waals surface area contributed by atoms with Crippen LogP contribution < -0.4 is 22.1 Å². The van der Waals surface area contributed by atoms with Crippen LogP contribution in [0.15, 0.2) is 48.7 Å². The molecule has 0 unspecified atom stereocenters. The number of anilines is 4. The van der Waals surface area contributed by atoms with Gasteiger partial charge in [0.2, 0.25) is 11.9 Å². The van der Waals surface area contributed by atoms with Crippen molar-refractivity contribution in [3.05, 3.63) is 70.4 Å². The molecule has 1 heterocycles. The number of alkyl halides is 3. The molecule has 6 N–H and O–H groups in total. The van der Waals surface area contributed by atoms with E-state index in [1.54, 1.807) is 24.3 Å². The molecule has 0 aliphatic heterocycles. The summed E-state index contributed by atoms with van der Waals surface area (Å²) in [5.41, 5.74) is 11.0. The zero-order valence-electron chi connectivity index (χ0n) is 15.3. The van der Waals surface area contributed by atoms with Gasteiger partial charge in [0.05, 0.1) is 11.8 Å². The van der Waals surface area contributed by atoms with E-state index in [0.717, 1.165) is 12.1 Å². The Balaban J connectivity index is 1.81. The van der Waals surface area contributed by atoms with Crippen molar-refractivity contribution in [1.29, 1.82) is 0 Å². The van der Waals surface area contributed by atoms with E-state index in [2.05, 4.69) is 20.6 Å². The highest BCUT2D eigenvalue weighted by Crippen LogP contribution is 2.33. The van der Waals surface area contributed by atoms with Gasteiger partial charge in [-0.3, -0.25) is 4.79 Å². The Morgan fingerprint density at radius 1 is 1.17 bits per heavy atom. The topological polar surface area (TPSA) is 119 Å². The summed E-state index contributed by atoms with van der Waals surface area (Å²) in [6.07, 6.45) is -3.26. The Labute approximate surface area is 174 Å². The Hall–Kier alpha value is -3.53. The summed E-state index contributed by atoms with van der Waals surface area (Å²) in [6.45, 7) is 0.186. The molecule has 156 valence electrons. The average Bonchev–Trinajstić information content (AvgIpc) is 2.67. The van der Waals surface area contributed by atoms with Gasteiger partial charge in [-0.1, -0.05) is 29.8 Å². The molecule has 0 saturated carbocycles. The molecule has 1 aromatic heterocycles. The van der Waals surface area contributed by atoms with E-state index in [1.165, 1.54) is 12.3 Å². The first-order valence-corrected chi connectivity index (χ1v) is 8.90. The molecular weight excluding hydrogens is 421 g/mol. The number of nitrogens with two attached hydrogens (primary N) is 2. The molecule has 0 saturated heterocycles. The van der Waals surface area contributed by atoms with Crippen LogP contribution in [0.1, 0.15) is 21.5 Å². The Morgan fingerprint density at radius 3 is 2.60 bits per heavy atom. The average molecular weight is 437 g/mol. The maximum absolute atomic E-state index is 13.0. The fourth-order valence-electron chi connectivity index (χ4n) is 2.66. The lowest BCUT2D eigenvalue weighted by atomic mass is 10.1. The molecule has 1 amide bonds. The predicted octanol–water partition coefficient (Wildman–Crippen LogP) is 4.19. The van der Waals surface area contributed by atoms with E-state index in [0.29, 0.717) is 11.1 Å². The lowest BCUT2D eigenvalue weighted by Crippen LogP contribution is -2.15. The molecular formula is C19H16ClF3N6O. The van der Waals surface area contributed by atoms with Crippen molar-refractivity contribution in [2.24, 2.45) is 5.73 Å². The Bertz CT molecular complexity index is 1090. The van der Waals surface area contributed by atoms with Gasteiger partial charge >= 0.3 is 6.18 Å². The number of nitrogen functional groups attached to an aromatic ring is 1. The van der Waals surface area contributed by atoms with Crippen molar-refractivity contribution < 1.29 is 18.0 Å². The van der Waals surface area contributed by atoms with E-state index >= 15 is 0 Å². The van der Waals surface area contributed by atoms with E-state index in [9.17, 15) is 18.0 Å². The van der Waals surface area contributed by atoms with Gasteiger partial charge < -0.3 is 22.1 Å². The van der Waals surface area contributed by atoms with Gasteiger partial charge in [0, 0.05) is 23.5 Å². The lowest BCUT2D eigenvalue weighted by Gasteiger charge is -2.13. The van der Waals surface area contributed by atoms with Crippen LogP contribution in [0.25, 0.3) is 0 Å². The van der Waals surface area contributed by atoms with Gasteiger partial charge in [0.25, 0.3) is 0 Å². The number of rotatable bonds is 6. The van der Waals surface area contributed by atoms with Crippen LogP contribution in [-0.4, -0.2) is 15.9 Å². The molecule has 2 aromatic carbocycles. The van der Waals surface area contributed by atoms with Crippen LogP contribution in [0.4, 0.5) is 36.3 Å². The number of carbonyl (C=O) groups excluding carboxylic acids is 1. The summed E-state index contributed by atoms with van der Waals surface area (Å²) < 4.78 is 38.9. The van der Waals surface area contributed by atoms with Gasteiger partial charge in [0.15, 0.2) is 5.82 Å². The molecule has 3 aromatic rings. The maximum atomic E-state index is 13.0. The number of benzene rings is 2. The standard InChI is InChI=1S/C19H16ClF3N6O/c20-15-9-27-18(28-13-6-11(19(21,22)23)5-12(24)7-13)29-17(15)26-8-10-3-1-2-4-14(10)16(25)30/h1-7,9H,8,24H2,(H2,25,30)(H2,26,27,28,29). The maximum Gasteiger partial charge on any atom is 0.416 e. The number of halogens is 4. The minimum Gasteiger partial charge on any atom is -0.399 e. The second-order valence-corrected chi connectivity index (χ2v) is 6.64. The molecule has 0 aliphatic rings. The largest absolute Gasteiger partial charge is 0.416 e. The van der Waals surface area contributed by atoms with Crippen molar-refractivity contribution in [3.8, 4) is 0 Å². The van der Waals surface area contributed by atoms with Crippen LogP contribution >= 0.6 is 11.6 Å². The highest BCUT2D eigenvalue weighted by Gasteiger charge is 2.31. The molecule has 3 rings (SSSR count). The van der Waals surface area contributed by atoms with Gasteiger partial charge in [-0.25, -0.2) is 4.98 Å². The van der Waals surface area contributed by atoms with Gasteiger partial charge in [-0.2, -0.15) is 18.2 Å². The zero-order valence-corrected chi connectivity index (χ0v) is 16.1. The molecule has 0 radical (unpaired) electrons. The molecule has 11 heteroatoms. The van der Waals surface area contributed by atoms with Crippen molar-refractivity contribution in [2.75, 3.05) is 16.4 Å². The summed E-state index contributed by atoms with van der Waals surface area (Å²) in [6, 6.07) is 9.78. The van der Waals surface area contributed by atoms with Gasteiger partial charge in [0.1, 0.15) is 5.02 Å². The molecule has 0 bridgehead atoms. The number of carbonyl (C=O) groups is 1. The smallest absolute Gasteiger partial charge is 0.399 e. The molecule has 0 fully saturated rings. The van der Waals surface area contributed by atoms with E-state index < -0.39 is 17.6 Å². The molecule has 0 spiro atoms.